The van der Waals surface area contributed by atoms with Gasteiger partial charge in [-0.25, -0.2) is 4.79 Å². The van der Waals surface area contributed by atoms with Crippen molar-refractivity contribution in [3.05, 3.63) is 60.1 Å². The topological polar surface area (TPSA) is 51.9 Å². The van der Waals surface area contributed by atoms with Gasteiger partial charge in [-0.15, -0.1) is 0 Å². The molecule has 5 nitrogen and oxygen atoms in total. The molecule has 0 radical (unpaired) electrons. The molecule has 5 heteroatoms. The third-order valence-corrected chi connectivity index (χ3v) is 3.56. The van der Waals surface area contributed by atoms with E-state index in [1.165, 1.54) is 7.11 Å². The van der Waals surface area contributed by atoms with Crippen LogP contribution in [0.5, 0.6) is 0 Å². The van der Waals surface area contributed by atoms with Crippen LogP contribution in [0.3, 0.4) is 0 Å². The van der Waals surface area contributed by atoms with Gasteiger partial charge in [-0.1, -0.05) is 30.3 Å². The van der Waals surface area contributed by atoms with E-state index < -0.39 is 6.10 Å². The lowest BCUT2D eigenvalue weighted by Gasteiger charge is -2.21. The summed E-state index contributed by atoms with van der Waals surface area (Å²) in [6.07, 6.45) is 1.56. The van der Waals surface area contributed by atoms with Gasteiger partial charge in [-0.2, -0.15) is 5.06 Å². The van der Waals surface area contributed by atoms with Crippen LogP contribution in [-0.4, -0.2) is 24.2 Å². The van der Waals surface area contributed by atoms with E-state index in [-0.39, 0.29) is 12.0 Å². The quantitative estimate of drug-likeness (QED) is 0.809. The molecule has 1 aromatic heterocycles. The second-order valence-electron chi connectivity index (χ2n) is 4.94. The van der Waals surface area contributed by atoms with Crippen molar-refractivity contribution in [1.29, 1.82) is 0 Å². The number of carbonyl (C=O) groups is 1. The maximum absolute atomic E-state index is 11.7. The minimum absolute atomic E-state index is 0.0932. The van der Waals surface area contributed by atoms with Gasteiger partial charge < -0.3 is 9.15 Å². The summed E-state index contributed by atoms with van der Waals surface area (Å²) < 4.78 is 10.3. The van der Waals surface area contributed by atoms with E-state index in [1.54, 1.807) is 11.3 Å². The van der Waals surface area contributed by atoms with Crippen LogP contribution < -0.4 is 0 Å². The predicted octanol–water partition coefficient (Wildman–Crippen LogP) is 2.70. The van der Waals surface area contributed by atoms with Crippen molar-refractivity contribution in [2.75, 3.05) is 7.11 Å². The number of rotatable bonds is 4. The highest BCUT2D eigenvalue weighted by Crippen LogP contribution is 2.35. The highest BCUT2D eigenvalue weighted by atomic mass is 16.7. The van der Waals surface area contributed by atoms with Gasteiger partial charge in [0.2, 0.25) is 0 Å². The maximum Gasteiger partial charge on any atom is 0.337 e. The first-order valence-electron chi connectivity index (χ1n) is 6.86. The van der Waals surface area contributed by atoms with E-state index in [0.29, 0.717) is 13.0 Å². The lowest BCUT2D eigenvalue weighted by atomic mass is 10.1. The van der Waals surface area contributed by atoms with Crippen LogP contribution in [0.4, 0.5) is 0 Å². The molecule has 2 heterocycles. The normalized spacial score (nSPS) is 22.3. The van der Waals surface area contributed by atoms with Crippen molar-refractivity contribution in [3.8, 4) is 0 Å². The molecule has 1 aromatic carbocycles. The number of nitrogens with zero attached hydrogens (tertiary/aromatic N) is 1. The summed E-state index contributed by atoms with van der Waals surface area (Å²) in [6.45, 7) is 0.583. The van der Waals surface area contributed by atoms with Gasteiger partial charge in [0.15, 0.2) is 6.10 Å². The van der Waals surface area contributed by atoms with E-state index in [9.17, 15) is 4.79 Å². The molecule has 1 saturated heterocycles. The largest absolute Gasteiger partial charge is 0.468 e. The number of hydroxylamine groups is 2. The van der Waals surface area contributed by atoms with Crippen LogP contribution in [0.1, 0.15) is 23.8 Å². The van der Waals surface area contributed by atoms with Crippen molar-refractivity contribution in [3.63, 3.8) is 0 Å². The second-order valence-corrected chi connectivity index (χ2v) is 4.94. The van der Waals surface area contributed by atoms with Crippen LogP contribution in [0, 0.1) is 0 Å². The molecular formula is C16H17NO4. The van der Waals surface area contributed by atoms with Crippen molar-refractivity contribution >= 4 is 5.97 Å². The first-order valence-corrected chi connectivity index (χ1v) is 6.86. The van der Waals surface area contributed by atoms with Gasteiger partial charge in [-0.3, -0.25) is 4.84 Å². The Labute approximate surface area is 123 Å². The predicted molar refractivity (Wildman–Crippen MR) is 74.9 cm³/mol. The molecule has 0 amide bonds. The highest BCUT2D eigenvalue weighted by Gasteiger charge is 2.40. The summed E-state index contributed by atoms with van der Waals surface area (Å²) in [5.74, 6) is 0.430. The minimum Gasteiger partial charge on any atom is -0.468 e. The number of hydrogen-bond acceptors (Lipinski definition) is 5. The number of methoxy groups -OCH3 is 1. The first-order chi connectivity index (χ1) is 10.3. The lowest BCUT2D eigenvalue weighted by molar-refractivity contribution is -0.192. The monoisotopic (exact) mass is 287 g/mol. The summed E-state index contributed by atoms with van der Waals surface area (Å²) in [5.41, 5.74) is 1.11. The Morgan fingerprint density at radius 1 is 1.29 bits per heavy atom. The van der Waals surface area contributed by atoms with E-state index >= 15 is 0 Å². The van der Waals surface area contributed by atoms with Crippen molar-refractivity contribution in [1.82, 2.24) is 5.06 Å². The van der Waals surface area contributed by atoms with E-state index in [4.69, 9.17) is 14.0 Å². The summed E-state index contributed by atoms with van der Waals surface area (Å²) in [7, 11) is 1.37. The van der Waals surface area contributed by atoms with Crippen LogP contribution in [0.15, 0.2) is 53.1 Å². The Hall–Kier alpha value is -2.11. The third-order valence-electron chi connectivity index (χ3n) is 3.56. The molecule has 1 aliphatic heterocycles. The number of ether oxygens (including phenoxy) is 1. The molecule has 1 fully saturated rings. The molecule has 1 aliphatic rings. The van der Waals surface area contributed by atoms with Gasteiger partial charge in [0, 0.05) is 13.0 Å². The number of benzene rings is 1. The number of hydrogen-bond donors (Lipinski definition) is 0. The van der Waals surface area contributed by atoms with Gasteiger partial charge in [0.25, 0.3) is 0 Å². The molecular weight excluding hydrogens is 270 g/mol. The molecule has 2 atom stereocenters. The van der Waals surface area contributed by atoms with Gasteiger partial charge in [0.1, 0.15) is 5.76 Å². The fraction of sp³-hybridized carbons (Fsp3) is 0.312. The summed E-state index contributed by atoms with van der Waals surface area (Å²) in [4.78, 5) is 17.5. The molecule has 0 unspecified atom stereocenters. The number of esters is 1. The number of furan rings is 1. The molecule has 0 saturated carbocycles. The Morgan fingerprint density at radius 3 is 2.76 bits per heavy atom. The van der Waals surface area contributed by atoms with Crippen LogP contribution >= 0.6 is 0 Å². The Kier molecular flexibility index (Phi) is 4.03. The van der Waals surface area contributed by atoms with Crippen molar-refractivity contribution in [2.24, 2.45) is 0 Å². The maximum atomic E-state index is 11.7. The minimum atomic E-state index is -0.589. The van der Waals surface area contributed by atoms with Gasteiger partial charge in [-0.05, 0) is 17.7 Å². The highest BCUT2D eigenvalue weighted by molar-refractivity contribution is 5.74. The summed E-state index contributed by atoms with van der Waals surface area (Å²) in [6, 6.07) is 13.6. The lowest BCUT2D eigenvalue weighted by Crippen LogP contribution is -2.25. The summed E-state index contributed by atoms with van der Waals surface area (Å²) in [5, 5.41) is 1.79. The average molecular weight is 287 g/mol. The Balaban J connectivity index is 1.80. The fourth-order valence-electron chi connectivity index (χ4n) is 2.52. The van der Waals surface area contributed by atoms with E-state index in [1.807, 2.05) is 42.5 Å². The first kappa shape index (κ1) is 13.9. The fourth-order valence-corrected chi connectivity index (χ4v) is 2.52. The molecule has 2 aromatic rings. The molecule has 0 N–H and O–H groups in total. The average Bonchev–Trinajstić information content (AvgIpc) is 3.16. The zero-order valence-electron chi connectivity index (χ0n) is 11.8. The van der Waals surface area contributed by atoms with Crippen LogP contribution in [-0.2, 0) is 20.9 Å². The zero-order chi connectivity index (χ0) is 14.7. The zero-order valence-corrected chi connectivity index (χ0v) is 11.8. The van der Waals surface area contributed by atoms with Gasteiger partial charge in [0.05, 0.1) is 19.4 Å². The van der Waals surface area contributed by atoms with E-state index in [2.05, 4.69) is 0 Å². The summed E-state index contributed by atoms with van der Waals surface area (Å²) >= 11 is 0. The van der Waals surface area contributed by atoms with E-state index in [0.717, 1.165) is 11.3 Å². The number of carbonyl (C=O) groups excluding carboxylic acids is 1. The third kappa shape index (κ3) is 2.99. The van der Waals surface area contributed by atoms with Crippen molar-refractivity contribution in [2.45, 2.75) is 25.1 Å². The molecule has 0 bridgehead atoms. The van der Waals surface area contributed by atoms with Crippen LogP contribution in [0.25, 0.3) is 0 Å². The SMILES string of the molecule is COC(=O)[C@H]1C[C@@H](c2ccco2)N(Cc2ccccc2)O1. The van der Waals surface area contributed by atoms with Crippen LogP contribution in [0.2, 0.25) is 0 Å². The standard InChI is InChI=1S/C16H17NO4/c1-19-16(18)15-10-13(14-8-5-9-20-14)17(21-15)11-12-6-3-2-4-7-12/h2-9,13,15H,10-11H2,1H3/t13-,15+/m0/s1. The molecule has 0 spiro atoms. The van der Waals surface area contributed by atoms with Gasteiger partial charge >= 0.3 is 5.97 Å². The smallest absolute Gasteiger partial charge is 0.337 e. The molecule has 21 heavy (non-hydrogen) atoms. The Morgan fingerprint density at radius 2 is 2.10 bits per heavy atom. The molecule has 0 aliphatic carbocycles. The second kappa shape index (κ2) is 6.11. The van der Waals surface area contributed by atoms with Crippen molar-refractivity contribution < 1.29 is 18.8 Å². The Bertz CT molecular complexity index is 582. The molecule has 110 valence electrons. The molecule has 3 rings (SSSR count).